The van der Waals surface area contributed by atoms with Crippen LogP contribution in [0.4, 0.5) is 5.69 Å². The van der Waals surface area contributed by atoms with Gasteiger partial charge in [0.1, 0.15) is 12.4 Å². The van der Waals surface area contributed by atoms with Gasteiger partial charge < -0.3 is 24.5 Å². The van der Waals surface area contributed by atoms with Crippen LogP contribution >= 0.6 is 0 Å². The Balaban J connectivity index is 1.49. The molecule has 0 fully saturated rings. The minimum Gasteiger partial charge on any atom is -0.385 e. The van der Waals surface area contributed by atoms with Gasteiger partial charge in [0, 0.05) is 64.9 Å². The molecule has 37 heavy (non-hydrogen) atoms. The highest BCUT2D eigenvalue weighted by molar-refractivity contribution is 6.76. The summed E-state index contributed by atoms with van der Waals surface area (Å²) >= 11 is 0. The molecule has 9 heteroatoms. The number of fused-ring (bicyclic) bond motifs is 6. The van der Waals surface area contributed by atoms with E-state index in [1.807, 2.05) is 4.68 Å². The average Bonchev–Trinajstić information content (AvgIpc) is 3.46. The second kappa shape index (κ2) is 10.4. The van der Waals surface area contributed by atoms with Gasteiger partial charge in [-0.2, -0.15) is 5.10 Å². The highest BCUT2D eigenvalue weighted by atomic mass is 28.3. The minimum absolute atomic E-state index is 0.0329. The van der Waals surface area contributed by atoms with Gasteiger partial charge >= 0.3 is 0 Å². The number of rotatable bonds is 11. The van der Waals surface area contributed by atoms with Gasteiger partial charge in [0.05, 0.1) is 11.1 Å². The molecule has 5 rings (SSSR count). The Hall–Kier alpha value is -2.46. The highest BCUT2D eigenvalue weighted by Gasteiger charge is 2.46. The second-order valence-electron chi connectivity index (χ2n) is 11.7. The van der Waals surface area contributed by atoms with Crippen molar-refractivity contribution in [1.29, 1.82) is 0 Å². The molecule has 8 nitrogen and oxygen atoms in total. The van der Waals surface area contributed by atoms with Crippen molar-refractivity contribution < 1.29 is 19.0 Å². The summed E-state index contributed by atoms with van der Waals surface area (Å²) in [6, 6.07) is 5.47. The van der Waals surface area contributed by atoms with Gasteiger partial charge in [-0.3, -0.25) is 4.79 Å². The van der Waals surface area contributed by atoms with Gasteiger partial charge in [-0.1, -0.05) is 19.6 Å². The summed E-state index contributed by atoms with van der Waals surface area (Å²) in [5, 5.41) is 9.29. The van der Waals surface area contributed by atoms with E-state index in [9.17, 15) is 4.79 Å². The predicted molar refractivity (Wildman–Crippen MR) is 149 cm³/mol. The Morgan fingerprint density at radius 3 is 2.54 bits per heavy atom. The second-order valence-corrected chi connectivity index (χ2v) is 17.3. The van der Waals surface area contributed by atoms with Crippen molar-refractivity contribution in [3.8, 4) is 11.4 Å². The number of nitrogens with zero attached hydrogens (tertiary/aromatic N) is 2. The van der Waals surface area contributed by atoms with E-state index in [4.69, 9.17) is 19.3 Å². The number of carbonyl (C=O) groups excluding carboxylic acids is 1. The summed E-state index contributed by atoms with van der Waals surface area (Å²) in [6.07, 6.45) is 6.40. The van der Waals surface area contributed by atoms with Crippen molar-refractivity contribution in [2.24, 2.45) is 0 Å². The number of anilines is 1. The first-order chi connectivity index (χ1) is 17.8. The van der Waals surface area contributed by atoms with Crippen LogP contribution in [0.5, 0.6) is 0 Å². The number of carbonyl (C=O) groups is 1. The standard InChI is InChI=1S/C28H40N4O4Si/c1-34-11-9-28(10-12-35-2)22-16-23-21(15-24(22)30-27(28)33)20-8-6-7-19-17-32(31-25(19)26(20)29-23)18-36-13-14-37(3,4)5/h15-17,29H,6-14,18H2,1-5H3,(H,30,33). The molecule has 0 spiro atoms. The lowest BCUT2D eigenvalue weighted by Crippen LogP contribution is -2.37. The van der Waals surface area contributed by atoms with Gasteiger partial charge in [-0.25, -0.2) is 4.68 Å². The summed E-state index contributed by atoms with van der Waals surface area (Å²) in [5.74, 6) is 0.0329. The van der Waals surface area contributed by atoms with Crippen molar-refractivity contribution in [3.05, 3.63) is 35.0 Å². The third-order valence-electron chi connectivity index (χ3n) is 7.88. The fourth-order valence-electron chi connectivity index (χ4n) is 5.71. The normalized spacial score (nSPS) is 16.4. The van der Waals surface area contributed by atoms with Crippen molar-refractivity contribution >= 4 is 30.6 Å². The van der Waals surface area contributed by atoms with Crippen molar-refractivity contribution in [1.82, 2.24) is 14.8 Å². The number of benzene rings is 1. The molecular weight excluding hydrogens is 484 g/mol. The van der Waals surface area contributed by atoms with E-state index in [0.717, 1.165) is 65.5 Å². The lowest BCUT2D eigenvalue weighted by atomic mass is 9.76. The number of aryl methyl sites for hydroxylation is 2. The van der Waals surface area contributed by atoms with Crippen LogP contribution in [0.1, 0.15) is 36.0 Å². The smallest absolute Gasteiger partial charge is 0.235 e. The maximum absolute atomic E-state index is 13.3. The predicted octanol–water partition coefficient (Wildman–Crippen LogP) is 5.10. The zero-order chi connectivity index (χ0) is 26.2. The van der Waals surface area contributed by atoms with Crippen LogP contribution in [0.15, 0.2) is 18.3 Å². The first-order valence-electron chi connectivity index (χ1n) is 13.4. The number of hydrogen-bond donors (Lipinski definition) is 2. The molecule has 2 aromatic heterocycles. The maximum atomic E-state index is 13.3. The van der Waals surface area contributed by atoms with E-state index in [2.05, 4.69) is 48.3 Å². The fourth-order valence-corrected chi connectivity index (χ4v) is 6.47. The minimum atomic E-state index is -1.12. The molecule has 0 unspecified atom stereocenters. The Kier molecular flexibility index (Phi) is 7.32. The number of amides is 1. The van der Waals surface area contributed by atoms with Crippen LogP contribution in [-0.2, 0) is 44.0 Å². The zero-order valence-electron chi connectivity index (χ0n) is 22.8. The SMILES string of the molecule is COCCC1(CCOC)C(=O)Nc2cc3c4c([nH]c3cc21)-c1nn(COCC[Si](C)(C)C)cc1CCC4. The zero-order valence-corrected chi connectivity index (χ0v) is 23.8. The monoisotopic (exact) mass is 524 g/mol. The first-order valence-corrected chi connectivity index (χ1v) is 17.1. The van der Waals surface area contributed by atoms with Crippen LogP contribution in [0.2, 0.25) is 25.7 Å². The Bertz CT molecular complexity index is 1280. The quantitative estimate of drug-likeness (QED) is 0.269. The Labute approximate surface area is 220 Å². The first kappa shape index (κ1) is 26.2. The van der Waals surface area contributed by atoms with Gasteiger partial charge in [0.25, 0.3) is 0 Å². The summed E-state index contributed by atoms with van der Waals surface area (Å²) in [4.78, 5) is 17.0. The Morgan fingerprint density at radius 2 is 1.84 bits per heavy atom. The number of H-pyrrole nitrogens is 1. The van der Waals surface area contributed by atoms with Crippen LogP contribution in [-0.4, -0.2) is 62.8 Å². The number of hydrogen-bond acceptors (Lipinski definition) is 5. The third kappa shape index (κ3) is 5.02. The number of nitrogens with one attached hydrogen (secondary N) is 2. The number of methoxy groups -OCH3 is 2. The van der Waals surface area contributed by atoms with Gasteiger partial charge in [0.2, 0.25) is 5.91 Å². The largest absolute Gasteiger partial charge is 0.385 e. The van der Waals surface area contributed by atoms with E-state index < -0.39 is 13.5 Å². The summed E-state index contributed by atoms with van der Waals surface area (Å²) in [7, 11) is 2.24. The van der Waals surface area contributed by atoms with Crippen LogP contribution in [0.3, 0.4) is 0 Å². The molecule has 0 radical (unpaired) electrons. The summed E-state index contributed by atoms with van der Waals surface area (Å²) in [6.45, 7) is 9.38. The molecule has 2 aliphatic rings. The van der Waals surface area contributed by atoms with E-state index in [0.29, 0.717) is 32.8 Å². The lowest BCUT2D eigenvalue weighted by molar-refractivity contribution is -0.122. The van der Waals surface area contributed by atoms with Crippen molar-refractivity contribution in [2.75, 3.05) is 39.4 Å². The van der Waals surface area contributed by atoms with E-state index >= 15 is 0 Å². The van der Waals surface area contributed by atoms with Gasteiger partial charge in [-0.15, -0.1) is 0 Å². The number of ether oxygens (including phenoxy) is 3. The molecule has 0 atom stereocenters. The molecule has 0 saturated heterocycles. The van der Waals surface area contributed by atoms with E-state index in [1.165, 1.54) is 11.1 Å². The highest BCUT2D eigenvalue weighted by Crippen LogP contribution is 2.46. The number of aromatic nitrogens is 3. The Morgan fingerprint density at radius 1 is 1.08 bits per heavy atom. The molecule has 200 valence electrons. The molecule has 2 N–H and O–H groups in total. The maximum Gasteiger partial charge on any atom is 0.235 e. The van der Waals surface area contributed by atoms with Crippen LogP contribution in [0, 0.1) is 0 Å². The molecule has 3 heterocycles. The van der Waals surface area contributed by atoms with E-state index in [-0.39, 0.29) is 5.91 Å². The topological polar surface area (TPSA) is 90.4 Å². The summed E-state index contributed by atoms with van der Waals surface area (Å²) < 4.78 is 18.7. The third-order valence-corrected chi connectivity index (χ3v) is 9.58. The molecule has 1 aliphatic heterocycles. The molecule has 3 aromatic rings. The molecule has 0 bridgehead atoms. The molecule has 1 amide bonds. The molecular formula is C28H40N4O4Si. The summed E-state index contributed by atoms with van der Waals surface area (Å²) in [5.41, 5.74) is 6.97. The molecule has 1 aliphatic carbocycles. The molecule has 0 saturated carbocycles. The molecule has 1 aromatic carbocycles. The lowest BCUT2D eigenvalue weighted by Gasteiger charge is -2.27. The van der Waals surface area contributed by atoms with Crippen molar-refractivity contribution in [3.63, 3.8) is 0 Å². The van der Waals surface area contributed by atoms with Crippen LogP contribution < -0.4 is 5.32 Å². The van der Waals surface area contributed by atoms with Gasteiger partial charge in [-0.05, 0) is 67.0 Å². The van der Waals surface area contributed by atoms with Crippen molar-refractivity contribution in [2.45, 2.75) is 69.9 Å². The van der Waals surface area contributed by atoms with Crippen LogP contribution in [0.25, 0.3) is 22.3 Å². The van der Waals surface area contributed by atoms with E-state index in [1.54, 1.807) is 14.2 Å². The van der Waals surface area contributed by atoms with Gasteiger partial charge in [0.15, 0.2) is 0 Å². The fraction of sp³-hybridized carbons (Fsp3) is 0.571. The average molecular weight is 525 g/mol. The number of aromatic amines is 1.